The van der Waals surface area contributed by atoms with Gasteiger partial charge in [0.15, 0.2) is 10.1 Å². The maximum atomic E-state index is 3.36. The highest BCUT2D eigenvalue weighted by Crippen LogP contribution is 2.29. The van der Waals surface area contributed by atoms with E-state index in [1.807, 2.05) is 20.8 Å². The van der Waals surface area contributed by atoms with E-state index >= 15 is 0 Å². The molecule has 27 heavy (non-hydrogen) atoms. The Morgan fingerprint density at radius 1 is 1.07 bits per heavy atom. The molecule has 0 heterocycles. The van der Waals surface area contributed by atoms with E-state index in [1.165, 1.54) is 16.0 Å². The van der Waals surface area contributed by atoms with Crippen LogP contribution in [-0.2, 0) is 10.9 Å². The van der Waals surface area contributed by atoms with Crippen LogP contribution in [0, 0.1) is 0 Å². The molecule has 0 aromatic heterocycles. The molecule has 0 spiro atoms. The van der Waals surface area contributed by atoms with Crippen molar-refractivity contribution in [3.63, 3.8) is 0 Å². The van der Waals surface area contributed by atoms with Gasteiger partial charge in [0.25, 0.3) is 0 Å². The number of benzene rings is 1. The Balaban J connectivity index is 0.00000123. The quantitative estimate of drug-likeness (QED) is 0.272. The van der Waals surface area contributed by atoms with Crippen molar-refractivity contribution in [3.05, 3.63) is 89.9 Å². The zero-order valence-corrected chi connectivity index (χ0v) is 19.2. The summed E-state index contributed by atoms with van der Waals surface area (Å²) >= 11 is 0. The highest BCUT2D eigenvalue weighted by atomic mass is 32.2. The van der Waals surface area contributed by atoms with E-state index in [0.29, 0.717) is 11.2 Å². The average Bonchev–Trinajstić information content (AvgIpc) is 2.68. The van der Waals surface area contributed by atoms with Crippen molar-refractivity contribution in [2.45, 2.75) is 71.0 Å². The molecule has 0 aliphatic heterocycles. The first-order valence-corrected chi connectivity index (χ1v) is 11.4. The van der Waals surface area contributed by atoms with Gasteiger partial charge in [-0.2, -0.15) is 0 Å². The van der Waals surface area contributed by atoms with E-state index in [2.05, 4.69) is 100 Å². The minimum Gasteiger partial charge on any atom is -0.103 e. The van der Waals surface area contributed by atoms with Gasteiger partial charge in [-0.1, -0.05) is 75.8 Å². The molecular weight excluding hydrogens is 344 g/mol. The van der Waals surface area contributed by atoms with Crippen molar-refractivity contribution in [1.29, 1.82) is 0 Å². The number of allylic oxidation sites excluding steroid dienone is 7. The first-order valence-electron chi connectivity index (χ1n) is 10.1. The van der Waals surface area contributed by atoms with E-state index in [-0.39, 0.29) is 10.9 Å². The second-order valence-corrected chi connectivity index (χ2v) is 8.59. The number of hydrogen-bond acceptors (Lipinski definition) is 0. The summed E-state index contributed by atoms with van der Waals surface area (Å²) in [5.74, 6) is 0.592. The normalized spacial score (nSPS) is 17.0. The van der Waals surface area contributed by atoms with Gasteiger partial charge < -0.3 is 0 Å². The van der Waals surface area contributed by atoms with E-state index in [1.54, 1.807) is 6.08 Å². The highest BCUT2D eigenvalue weighted by molar-refractivity contribution is 8.00. The monoisotopic (exact) mass is 383 g/mol. The lowest BCUT2D eigenvalue weighted by Crippen LogP contribution is -2.19. The first-order chi connectivity index (χ1) is 13.0. The molecule has 1 aromatic carbocycles. The maximum Gasteiger partial charge on any atom is 0.160 e. The van der Waals surface area contributed by atoms with Gasteiger partial charge in [-0.25, -0.2) is 0 Å². The summed E-state index contributed by atoms with van der Waals surface area (Å²) in [6, 6.07) is 9.22. The zero-order valence-electron chi connectivity index (χ0n) is 18.4. The summed E-state index contributed by atoms with van der Waals surface area (Å²) < 4.78 is 0. The van der Waals surface area contributed by atoms with E-state index < -0.39 is 0 Å². The Kier molecular flexibility index (Phi) is 14.4. The number of hydrogen-bond donors (Lipinski definition) is 0. The highest BCUT2D eigenvalue weighted by Gasteiger charge is 2.30. The Morgan fingerprint density at radius 2 is 1.67 bits per heavy atom. The molecule has 0 fully saturated rings. The largest absolute Gasteiger partial charge is 0.160 e. The predicted octanol–water partition coefficient (Wildman–Crippen LogP) is 8.37. The van der Waals surface area contributed by atoms with Gasteiger partial charge >= 0.3 is 0 Å². The lowest BCUT2D eigenvalue weighted by Gasteiger charge is -2.16. The van der Waals surface area contributed by atoms with Crippen molar-refractivity contribution in [2.75, 3.05) is 0 Å². The third-order valence-electron chi connectivity index (χ3n) is 3.90. The Labute approximate surface area is 171 Å². The molecule has 1 aromatic rings. The minimum absolute atomic E-state index is 0.123. The molecule has 2 unspecified atom stereocenters. The molecule has 148 valence electrons. The summed E-state index contributed by atoms with van der Waals surface area (Å²) in [6.07, 6.45) is 16.1. The van der Waals surface area contributed by atoms with Crippen LogP contribution < -0.4 is 0 Å². The van der Waals surface area contributed by atoms with Crippen molar-refractivity contribution in [3.8, 4) is 0 Å². The van der Waals surface area contributed by atoms with E-state index in [4.69, 9.17) is 0 Å². The molecule has 2 rings (SSSR count). The van der Waals surface area contributed by atoms with Gasteiger partial charge in [0, 0.05) is 6.42 Å². The predicted molar refractivity (Wildman–Crippen MR) is 129 cm³/mol. The molecule has 2 atom stereocenters. The van der Waals surface area contributed by atoms with Crippen LogP contribution in [0.15, 0.2) is 89.3 Å². The lowest BCUT2D eigenvalue weighted by atomic mass is 10.0. The van der Waals surface area contributed by atoms with Crippen LogP contribution in [0.25, 0.3) is 0 Å². The molecule has 0 nitrogen and oxygen atoms in total. The molecule has 0 N–H and O–H groups in total. The minimum atomic E-state index is 0.123. The fourth-order valence-electron chi connectivity index (χ4n) is 2.58. The Morgan fingerprint density at radius 3 is 2.15 bits per heavy atom. The zero-order chi connectivity index (χ0) is 20.7. The van der Waals surface area contributed by atoms with Crippen LogP contribution in [0.3, 0.4) is 0 Å². The molecule has 0 saturated heterocycles. The molecule has 1 aliphatic rings. The molecule has 0 amide bonds. The van der Waals surface area contributed by atoms with Crippen LogP contribution in [0.2, 0.25) is 0 Å². The van der Waals surface area contributed by atoms with Crippen LogP contribution >= 0.6 is 0 Å². The third kappa shape index (κ3) is 9.68. The lowest BCUT2D eigenvalue weighted by molar-refractivity contribution is 0.864. The molecule has 0 radical (unpaired) electrons. The SMILES string of the molecule is C=CC.CC.CC=C/C=C/[S+](c1ccc(C(C)C)cc1)C1C=CC=C(C)C1. The van der Waals surface area contributed by atoms with Crippen LogP contribution in [0.1, 0.15) is 66.4 Å². The maximum absolute atomic E-state index is 3.36. The Bertz CT molecular complexity index is 627. The second kappa shape index (κ2) is 15.3. The van der Waals surface area contributed by atoms with Crippen LogP contribution in [0.4, 0.5) is 0 Å². The molecule has 1 heteroatoms. The summed E-state index contributed by atoms with van der Waals surface area (Å²) in [5.41, 5.74) is 2.89. The fraction of sp³-hybridized carbons (Fsp3) is 0.385. The standard InChI is InChI=1S/C21H27S.C3H6.C2H6/c1-5-6-7-15-22(21-10-8-9-18(4)16-21)20-13-11-19(12-14-20)17(2)3;1-3-2;1-2/h5-15,17,21H,16H2,1-4H3;3H,1H2,2H3;1-2H3/q+1;;/b6-5?,15-7+;;. The summed E-state index contributed by atoms with van der Waals surface area (Å²) in [4.78, 5) is 1.44. The van der Waals surface area contributed by atoms with Gasteiger partial charge in [0.1, 0.15) is 5.41 Å². The van der Waals surface area contributed by atoms with Gasteiger partial charge in [0.2, 0.25) is 0 Å². The van der Waals surface area contributed by atoms with Crippen molar-refractivity contribution in [1.82, 2.24) is 0 Å². The summed E-state index contributed by atoms with van der Waals surface area (Å²) in [5, 5.41) is 2.95. The average molecular weight is 384 g/mol. The summed E-state index contributed by atoms with van der Waals surface area (Å²) in [7, 11) is 0.123. The number of rotatable bonds is 5. The van der Waals surface area contributed by atoms with E-state index in [0.717, 1.165) is 6.42 Å². The molecule has 0 bridgehead atoms. The fourth-order valence-corrected chi connectivity index (χ4v) is 4.70. The van der Waals surface area contributed by atoms with E-state index in [9.17, 15) is 0 Å². The molecular formula is C26H39S+. The topological polar surface area (TPSA) is 0 Å². The molecule has 1 aliphatic carbocycles. The summed E-state index contributed by atoms with van der Waals surface area (Å²) in [6.45, 7) is 18.0. The van der Waals surface area contributed by atoms with Crippen molar-refractivity contribution < 1.29 is 0 Å². The Hall–Kier alpha value is -1.73. The van der Waals surface area contributed by atoms with Crippen molar-refractivity contribution >= 4 is 10.9 Å². The first kappa shape index (κ1) is 25.3. The van der Waals surface area contributed by atoms with Gasteiger partial charge in [0.05, 0.1) is 10.9 Å². The molecule has 0 saturated carbocycles. The van der Waals surface area contributed by atoms with Gasteiger partial charge in [-0.05, 0) is 56.5 Å². The second-order valence-electron chi connectivity index (χ2n) is 6.50. The smallest absolute Gasteiger partial charge is 0.103 e. The van der Waals surface area contributed by atoms with Crippen molar-refractivity contribution in [2.24, 2.45) is 0 Å². The van der Waals surface area contributed by atoms with Crippen LogP contribution in [0.5, 0.6) is 0 Å². The van der Waals surface area contributed by atoms with Gasteiger partial charge in [-0.15, -0.1) is 6.58 Å². The van der Waals surface area contributed by atoms with Gasteiger partial charge in [-0.3, -0.25) is 0 Å². The van der Waals surface area contributed by atoms with Crippen LogP contribution in [-0.4, -0.2) is 5.25 Å². The third-order valence-corrected chi connectivity index (χ3v) is 6.15.